The Bertz CT molecular complexity index is 906. The van der Waals surface area contributed by atoms with Crippen molar-refractivity contribution >= 4 is 34.1 Å². The van der Waals surface area contributed by atoms with Gasteiger partial charge in [-0.1, -0.05) is 12.1 Å². The van der Waals surface area contributed by atoms with Crippen LogP contribution in [0, 0.1) is 19.7 Å². The van der Waals surface area contributed by atoms with Crippen LogP contribution in [0.4, 0.5) is 9.39 Å². The largest absolute Gasteiger partial charge is 0.462 e. The van der Waals surface area contributed by atoms with Gasteiger partial charge < -0.3 is 14.8 Å². The number of anilines is 1. The Balaban J connectivity index is 2.28. The van der Waals surface area contributed by atoms with Crippen molar-refractivity contribution in [2.75, 3.05) is 25.1 Å². The minimum Gasteiger partial charge on any atom is -0.462 e. The molecule has 0 radical (unpaired) electrons. The third-order valence-electron chi connectivity index (χ3n) is 3.99. The highest BCUT2D eigenvalue weighted by Gasteiger charge is 2.26. The second kappa shape index (κ2) is 9.45. The first-order valence-electron chi connectivity index (χ1n) is 8.80. The van der Waals surface area contributed by atoms with Crippen molar-refractivity contribution in [2.24, 2.45) is 0 Å². The van der Waals surface area contributed by atoms with Gasteiger partial charge in [0.1, 0.15) is 15.7 Å². The van der Waals surface area contributed by atoms with Crippen LogP contribution in [0.5, 0.6) is 0 Å². The van der Waals surface area contributed by atoms with E-state index in [4.69, 9.17) is 9.47 Å². The highest BCUT2D eigenvalue weighted by atomic mass is 32.1. The maximum atomic E-state index is 13.7. The van der Waals surface area contributed by atoms with Crippen LogP contribution in [0.2, 0.25) is 0 Å². The lowest BCUT2D eigenvalue weighted by atomic mass is 10.1. The normalized spacial score (nSPS) is 10.5. The van der Waals surface area contributed by atoms with Crippen LogP contribution in [-0.4, -0.2) is 37.5 Å². The zero-order chi connectivity index (χ0) is 20.8. The van der Waals surface area contributed by atoms with Crippen LogP contribution in [0.15, 0.2) is 18.2 Å². The van der Waals surface area contributed by atoms with E-state index in [1.807, 2.05) is 0 Å². The molecule has 0 amide bonds. The summed E-state index contributed by atoms with van der Waals surface area (Å²) in [6, 6.07) is 4.24. The van der Waals surface area contributed by atoms with E-state index >= 15 is 0 Å². The summed E-state index contributed by atoms with van der Waals surface area (Å²) in [5.74, 6) is -1.95. The van der Waals surface area contributed by atoms with Gasteiger partial charge in [-0.15, -0.1) is 11.3 Å². The van der Waals surface area contributed by atoms with Crippen LogP contribution >= 0.6 is 11.3 Å². The molecule has 0 bridgehead atoms. The highest BCUT2D eigenvalue weighted by molar-refractivity contribution is 7.18. The number of carbonyl (C=O) groups is 3. The number of carbonyl (C=O) groups excluding carboxylic acids is 3. The SMILES string of the molecule is CCOC(=O)c1sc(NCC(=O)c2ccc(C)c(F)c2)c(C(=O)OCC)c1C. The molecule has 28 heavy (non-hydrogen) atoms. The maximum absolute atomic E-state index is 13.7. The van der Waals surface area contributed by atoms with Gasteiger partial charge >= 0.3 is 11.9 Å². The first-order valence-corrected chi connectivity index (χ1v) is 9.62. The highest BCUT2D eigenvalue weighted by Crippen LogP contribution is 2.34. The molecular weight excluding hydrogens is 385 g/mol. The topological polar surface area (TPSA) is 81.7 Å². The van der Waals surface area contributed by atoms with E-state index in [0.29, 0.717) is 16.1 Å². The van der Waals surface area contributed by atoms with Crippen molar-refractivity contribution in [2.45, 2.75) is 27.7 Å². The molecule has 1 aromatic heterocycles. The summed E-state index contributed by atoms with van der Waals surface area (Å²) in [4.78, 5) is 37.1. The molecule has 0 atom stereocenters. The molecule has 0 aliphatic heterocycles. The number of aryl methyl sites for hydroxylation is 1. The third kappa shape index (κ3) is 4.75. The molecule has 2 rings (SSSR count). The zero-order valence-corrected chi connectivity index (χ0v) is 17.0. The van der Waals surface area contributed by atoms with Crippen molar-refractivity contribution in [1.29, 1.82) is 0 Å². The predicted octanol–water partition coefficient (Wildman–Crippen LogP) is 4.15. The lowest BCUT2D eigenvalue weighted by Gasteiger charge is -2.08. The minimum absolute atomic E-state index is 0.170. The Labute approximate surface area is 166 Å². The molecule has 8 heteroatoms. The lowest BCUT2D eigenvalue weighted by molar-refractivity contribution is 0.0527. The molecule has 6 nitrogen and oxygen atoms in total. The molecule has 0 unspecified atom stereocenters. The number of thiophene rings is 1. The van der Waals surface area contributed by atoms with E-state index in [9.17, 15) is 18.8 Å². The molecule has 1 N–H and O–H groups in total. The molecular formula is C20H22FNO5S. The van der Waals surface area contributed by atoms with Crippen LogP contribution in [0.25, 0.3) is 0 Å². The summed E-state index contributed by atoms with van der Waals surface area (Å²) in [5, 5.41) is 3.21. The summed E-state index contributed by atoms with van der Waals surface area (Å²) >= 11 is 1.02. The number of halogens is 1. The number of esters is 2. The number of hydrogen-bond donors (Lipinski definition) is 1. The summed E-state index contributed by atoms with van der Waals surface area (Å²) < 4.78 is 23.8. The molecule has 0 saturated heterocycles. The monoisotopic (exact) mass is 407 g/mol. The average molecular weight is 407 g/mol. The number of benzene rings is 1. The van der Waals surface area contributed by atoms with Gasteiger partial charge in [0, 0.05) is 5.56 Å². The first-order chi connectivity index (χ1) is 13.3. The Hall–Kier alpha value is -2.74. The van der Waals surface area contributed by atoms with Crippen molar-refractivity contribution in [3.05, 3.63) is 51.1 Å². The quantitative estimate of drug-likeness (QED) is 0.523. The zero-order valence-electron chi connectivity index (χ0n) is 16.2. The summed E-state index contributed by atoms with van der Waals surface area (Å²) in [6.07, 6.45) is 0. The van der Waals surface area contributed by atoms with Gasteiger partial charge in [-0.3, -0.25) is 4.79 Å². The molecule has 0 fully saturated rings. The number of ether oxygens (including phenoxy) is 2. The third-order valence-corrected chi connectivity index (χ3v) is 5.22. The van der Waals surface area contributed by atoms with Crippen molar-refractivity contribution in [3.63, 3.8) is 0 Å². The van der Waals surface area contributed by atoms with Crippen molar-refractivity contribution < 1.29 is 28.2 Å². The number of rotatable bonds is 8. The molecule has 2 aromatic rings. The van der Waals surface area contributed by atoms with Gasteiger partial charge in [-0.25, -0.2) is 14.0 Å². The molecule has 150 valence electrons. The van der Waals surface area contributed by atoms with Crippen LogP contribution in [-0.2, 0) is 9.47 Å². The second-order valence-electron chi connectivity index (χ2n) is 5.94. The second-order valence-corrected chi connectivity index (χ2v) is 6.96. The molecule has 0 aliphatic rings. The van der Waals surface area contributed by atoms with E-state index < -0.39 is 17.8 Å². The Morgan fingerprint density at radius 1 is 1.07 bits per heavy atom. The number of nitrogens with one attached hydrogen (secondary N) is 1. The summed E-state index contributed by atoms with van der Waals surface area (Å²) in [5.41, 5.74) is 1.28. The number of hydrogen-bond acceptors (Lipinski definition) is 7. The van der Waals surface area contributed by atoms with Crippen molar-refractivity contribution in [1.82, 2.24) is 0 Å². The van der Waals surface area contributed by atoms with Gasteiger partial charge in [0.25, 0.3) is 0 Å². The van der Waals surface area contributed by atoms with Gasteiger partial charge in [0.2, 0.25) is 0 Å². The number of Topliss-reactive ketones (excluding diaryl/α,β-unsaturated/α-hetero) is 1. The van der Waals surface area contributed by atoms with E-state index in [1.165, 1.54) is 12.1 Å². The van der Waals surface area contributed by atoms with Crippen molar-refractivity contribution in [3.8, 4) is 0 Å². The average Bonchev–Trinajstić information content (AvgIpc) is 2.99. The van der Waals surface area contributed by atoms with Gasteiger partial charge in [0.15, 0.2) is 5.78 Å². The molecule has 0 spiro atoms. The fraction of sp³-hybridized carbons (Fsp3) is 0.350. The predicted molar refractivity (Wildman–Crippen MR) is 105 cm³/mol. The van der Waals surface area contributed by atoms with Crippen LogP contribution in [0.3, 0.4) is 0 Å². The standard InChI is InChI=1S/C20H22FNO5S/c1-5-26-19(24)16-12(4)17(20(25)27-6-2)28-18(16)22-10-15(23)13-8-7-11(3)14(21)9-13/h7-9,22H,5-6,10H2,1-4H3. The molecule has 1 aromatic carbocycles. The fourth-order valence-corrected chi connectivity index (χ4v) is 3.59. The van der Waals surface area contributed by atoms with Crippen LogP contribution < -0.4 is 5.32 Å². The fourth-order valence-electron chi connectivity index (χ4n) is 2.51. The summed E-state index contributed by atoms with van der Waals surface area (Å²) in [7, 11) is 0. The Morgan fingerprint density at radius 3 is 2.32 bits per heavy atom. The van der Waals surface area contributed by atoms with E-state index in [1.54, 1.807) is 33.8 Å². The Kier molecular flexibility index (Phi) is 7.28. The maximum Gasteiger partial charge on any atom is 0.348 e. The minimum atomic E-state index is -0.594. The molecule has 1 heterocycles. The van der Waals surface area contributed by atoms with Gasteiger partial charge in [-0.05, 0) is 44.9 Å². The van der Waals surface area contributed by atoms with E-state index in [-0.39, 0.29) is 41.5 Å². The first kappa shape index (κ1) is 21.6. The van der Waals surface area contributed by atoms with Gasteiger partial charge in [0.05, 0.1) is 25.3 Å². The van der Waals surface area contributed by atoms with E-state index in [2.05, 4.69) is 5.32 Å². The Morgan fingerprint density at radius 2 is 1.71 bits per heavy atom. The number of ketones is 1. The molecule has 0 aliphatic carbocycles. The van der Waals surface area contributed by atoms with E-state index in [0.717, 1.165) is 11.3 Å². The lowest BCUT2D eigenvalue weighted by Crippen LogP contribution is -2.16. The summed E-state index contributed by atoms with van der Waals surface area (Å²) in [6.45, 7) is 6.79. The smallest absolute Gasteiger partial charge is 0.348 e. The van der Waals surface area contributed by atoms with Crippen LogP contribution in [0.1, 0.15) is 55.4 Å². The molecule has 0 saturated carbocycles. The van der Waals surface area contributed by atoms with Gasteiger partial charge in [-0.2, -0.15) is 0 Å².